The Morgan fingerprint density at radius 1 is 1.25 bits per heavy atom. The lowest BCUT2D eigenvalue weighted by molar-refractivity contribution is -0.132. The first kappa shape index (κ1) is 17.4. The van der Waals surface area contributed by atoms with E-state index in [-0.39, 0.29) is 11.7 Å². The SMILES string of the molecule is O=C(CCN(Cc1cccc(F)c1)C1CCCC1)N1CCNCC1. The van der Waals surface area contributed by atoms with Crippen LogP contribution in [0.15, 0.2) is 24.3 Å². The van der Waals surface area contributed by atoms with Gasteiger partial charge >= 0.3 is 0 Å². The summed E-state index contributed by atoms with van der Waals surface area (Å²) in [5, 5.41) is 3.28. The van der Waals surface area contributed by atoms with Gasteiger partial charge in [0.15, 0.2) is 0 Å². The molecule has 2 aliphatic rings. The summed E-state index contributed by atoms with van der Waals surface area (Å²) in [4.78, 5) is 16.8. The topological polar surface area (TPSA) is 35.6 Å². The standard InChI is InChI=1S/C19H28FN3O/c20-17-5-3-4-16(14-17)15-23(18-6-1-2-7-18)11-8-19(24)22-12-9-21-10-13-22/h3-5,14,18,21H,1-2,6-13,15H2. The third kappa shape index (κ3) is 4.77. The van der Waals surface area contributed by atoms with Gasteiger partial charge in [-0.3, -0.25) is 9.69 Å². The van der Waals surface area contributed by atoms with Gasteiger partial charge in [0.05, 0.1) is 0 Å². The lowest BCUT2D eigenvalue weighted by Crippen LogP contribution is -2.47. The number of nitrogens with zero attached hydrogens (tertiary/aromatic N) is 2. The molecule has 0 atom stereocenters. The molecule has 24 heavy (non-hydrogen) atoms. The summed E-state index contributed by atoms with van der Waals surface area (Å²) >= 11 is 0. The third-order valence-electron chi connectivity index (χ3n) is 5.20. The zero-order valence-electron chi connectivity index (χ0n) is 14.3. The van der Waals surface area contributed by atoms with Gasteiger partial charge in [0.25, 0.3) is 0 Å². The quantitative estimate of drug-likeness (QED) is 0.868. The van der Waals surface area contributed by atoms with Crippen LogP contribution in [0.3, 0.4) is 0 Å². The molecule has 0 bridgehead atoms. The number of hydrogen-bond donors (Lipinski definition) is 1. The minimum atomic E-state index is -0.184. The van der Waals surface area contributed by atoms with E-state index in [1.807, 2.05) is 11.0 Å². The zero-order chi connectivity index (χ0) is 16.8. The van der Waals surface area contributed by atoms with Crippen molar-refractivity contribution in [1.82, 2.24) is 15.1 Å². The van der Waals surface area contributed by atoms with Gasteiger partial charge in [0.1, 0.15) is 5.82 Å². The summed E-state index contributed by atoms with van der Waals surface area (Å²) in [5.74, 6) is 0.0644. The second-order valence-electron chi connectivity index (χ2n) is 6.92. The maximum atomic E-state index is 13.5. The largest absolute Gasteiger partial charge is 0.340 e. The van der Waals surface area contributed by atoms with Crippen molar-refractivity contribution in [3.05, 3.63) is 35.6 Å². The summed E-state index contributed by atoms with van der Waals surface area (Å²) in [6, 6.07) is 7.37. The first-order valence-corrected chi connectivity index (χ1v) is 9.19. The van der Waals surface area contributed by atoms with Crippen molar-refractivity contribution in [2.45, 2.75) is 44.7 Å². The Morgan fingerprint density at radius 3 is 2.71 bits per heavy atom. The molecule has 1 aliphatic carbocycles. The monoisotopic (exact) mass is 333 g/mol. The molecule has 4 nitrogen and oxygen atoms in total. The summed E-state index contributed by atoms with van der Waals surface area (Å²) in [7, 11) is 0. The molecule has 1 saturated heterocycles. The molecule has 1 N–H and O–H groups in total. The number of halogens is 1. The zero-order valence-corrected chi connectivity index (χ0v) is 14.3. The molecule has 0 spiro atoms. The van der Waals surface area contributed by atoms with Gasteiger partial charge in [0.2, 0.25) is 5.91 Å². The second-order valence-corrected chi connectivity index (χ2v) is 6.92. The van der Waals surface area contributed by atoms with Crippen LogP contribution in [-0.2, 0) is 11.3 Å². The fraction of sp³-hybridized carbons (Fsp3) is 0.632. The van der Waals surface area contributed by atoms with E-state index in [2.05, 4.69) is 10.2 Å². The first-order valence-electron chi connectivity index (χ1n) is 9.19. The highest BCUT2D eigenvalue weighted by Crippen LogP contribution is 2.25. The summed E-state index contributed by atoms with van der Waals surface area (Å²) < 4.78 is 13.5. The van der Waals surface area contributed by atoms with Crippen molar-refractivity contribution in [1.29, 1.82) is 0 Å². The van der Waals surface area contributed by atoms with Crippen molar-refractivity contribution in [2.24, 2.45) is 0 Å². The predicted octanol–water partition coefficient (Wildman–Crippen LogP) is 2.39. The predicted molar refractivity (Wildman–Crippen MR) is 93.1 cm³/mol. The first-order chi connectivity index (χ1) is 11.7. The van der Waals surface area contributed by atoms with E-state index in [0.29, 0.717) is 12.5 Å². The minimum absolute atomic E-state index is 0.184. The molecule has 0 unspecified atom stereocenters. The van der Waals surface area contributed by atoms with Crippen LogP contribution in [0.5, 0.6) is 0 Å². The van der Waals surface area contributed by atoms with Crippen LogP contribution < -0.4 is 5.32 Å². The van der Waals surface area contributed by atoms with Crippen LogP contribution in [0.25, 0.3) is 0 Å². The molecule has 5 heteroatoms. The number of carbonyl (C=O) groups excluding carboxylic acids is 1. The molecule has 1 aromatic rings. The van der Waals surface area contributed by atoms with Crippen LogP contribution >= 0.6 is 0 Å². The van der Waals surface area contributed by atoms with Gasteiger partial charge in [-0.2, -0.15) is 0 Å². The highest BCUT2D eigenvalue weighted by atomic mass is 19.1. The summed E-state index contributed by atoms with van der Waals surface area (Å²) in [6.07, 6.45) is 5.46. The fourth-order valence-electron chi connectivity index (χ4n) is 3.84. The molecule has 1 heterocycles. The van der Waals surface area contributed by atoms with Crippen LogP contribution in [0.2, 0.25) is 0 Å². The third-order valence-corrected chi connectivity index (χ3v) is 5.20. The van der Waals surface area contributed by atoms with Gasteiger partial charge in [-0.1, -0.05) is 25.0 Å². The van der Waals surface area contributed by atoms with Gasteiger partial charge < -0.3 is 10.2 Å². The van der Waals surface area contributed by atoms with Gasteiger partial charge in [-0.05, 0) is 30.5 Å². The molecule has 1 amide bonds. The number of piperazine rings is 1. The molecule has 1 saturated carbocycles. The van der Waals surface area contributed by atoms with E-state index in [9.17, 15) is 9.18 Å². The van der Waals surface area contributed by atoms with Crippen LogP contribution in [-0.4, -0.2) is 54.5 Å². The van der Waals surface area contributed by atoms with Gasteiger partial charge in [-0.25, -0.2) is 4.39 Å². The summed E-state index contributed by atoms with van der Waals surface area (Å²) in [5.41, 5.74) is 0.997. The lowest BCUT2D eigenvalue weighted by atomic mass is 10.1. The van der Waals surface area contributed by atoms with Crippen molar-refractivity contribution in [3.8, 4) is 0 Å². The maximum Gasteiger partial charge on any atom is 0.223 e. The molecule has 2 fully saturated rings. The minimum Gasteiger partial charge on any atom is -0.340 e. The molecule has 0 aromatic heterocycles. The Bertz CT molecular complexity index is 539. The average Bonchev–Trinajstić information content (AvgIpc) is 3.13. The Labute approximate surface area is 144 Å². The number of nitrogens with one attached hydrogen (secondary N) is 1. The molecule has 3 rings (SSSR count). The van der Waals surface area contributed by atoms with Crippen molar-refractivity contribution < 1.29 is 9.18 Å². The highest BCUT2D eigenvalue weighted by Gasteiger charge is 2.24. The number of benzene rings is 1. The number of hydrogen-bond acceptors (Lipinski definition) is 3. The second kappa shape index (κ2) is 8.58. The Balaban J connectivity index is 1.58. The van der Waals surface area contributed by atoms with Crippen LogP contribution in [0, 0.1) is 5.82 Å². The van der Waals surface area contributed by atoms with E-state index in [0.717, 1.165) is 44.8 Å². The number of rotatable bonds is 6. The molecule has 0 radical (unpaired) electrons. The van der Waals surface area contributed by atoms with E-state index in [4.69, 9.17) is 0 Å². The Hall–Kier alpha value is -1.46. The van der Waals surface area contributed by atoms with Crippen LogP contribution in [0.1, 0.15) is 37.7 Å². The number of amides is 1. The molecular weight excluding hydrogens is 305 g/mol. The molecular formula is C19H28FN3O. The smallest absolute Gasteiger partial charge is 0.223 e. The van der Waals surface area contributed by atoms with E-state index in [1.54, 1.807) is 12.1 Å². The highest BCUT2D eigenvalue weighted by molar-refractivity contribution is 5.76. The molecule has 132 valence electrons. The van der Waals surface area contributed by atoms with Crippen molar-refractivity contribution >= 4 is 5.91 Å². The normalized spacial score (nSPS) is 19.2. The molecule has 1 aromatic carbocycles. The van der Waals surface area contributed by atoms with E-state index in [1.165, 1.54) is 31.7 Å². The van der Waals surface area contributed by atoms with Crippen LogP contribution in [0.4, 0.5) is 4.39 Å². The average molecular weight is 333 g/mol. The Kier molecular flexibility index (Phi) is 6.21. The lowest BCUT2D eigenvalue weighted by Gasteiger charge is -2.31. The van der Waals surface area contributed by atoms with Crippen molar-refractivity contribution in [3.63, 3.8) is 0 Å². The fourth-order valence-corrected chi connectivity index (χ4v) is 3.84. The maximum absolute atomic E-state index is 13.5. The van der Waals surface area contributed by atoms with Gasteiger partial charge in [0, 0.05) is 51.7 Å². The van der Waals surface area contributed by atoms with Crippen molar-refractivity contribution in [2.75, 3.05) is 32.7 Å². The summed E-state index contributed by atoms with van der Waals surface area (Å²) in [6.45, 7) is 4.91. The Morgan fingerprint density at radius 2 is 2.00 bits per heavy atom. The number of carbonyl (C=O) groups is 1. The molecule has 1 aliphatic heterocycles. The van der Waals surface area contributed by atoms with E-state index < -0.39 is 0 Å². The van der Waals surface area contributed by atoms with E-state index >= 15 is 0 Å². The van der Waals surface area contributed by atoms with Gasteiger partial charge in [-0.15, -0.1) is 0 Å².